The maximum absolute atomic E-state index is 13.0. The molecule has 1 heterocycles. The standard InChI is InChI=1S/C19H17Cl2N3O3S/c1-13(25)15-6-5-14(12-22)11-18(15)23-7-9-24(10-8-23)28(26,27)19-16(20)3-2-4-17(19)21/h2-6,11H,7-10H2,1H3. The van der Waals surface area contributed by atoms with Crippen molar-refractivity contribution in [3.05, 3.63) is 57.6 Å². The van der Waals surface area contributed by atoms with E-state index in [-0.39, 0.29) is 33.8 Å². The molecule has 28 heavy (non-hydrogen) atoms. The predicted octanol–water partition coefficient (Wildman–Crippen LogP) is 3.58. The van der Waals surface area contributed by atoms with Crippen molar-refractivity contribution in [1.82, 2.24) is 4.31 Å². The highest BCUT2D eigenvalue weighted by atomic mass is 35.5. The van der Waals surface area contributed by atoms with Gasteiger partial charge < -0.3 is 4.90 Å². The number of hydrogen-bond donors (Lipinski definition) is 0. The quantitative estimate of drug-likeness (QED) is 0.682. The molecule has 3 rings (SSSR count). The molecule has 0 unspecified atom stereocenters. The van der Waals surface area contributed by atoms with Crippen molar-refractivity contribution in [3.8, 4) is 6.07 Å². The van der Waals surface area contributed by atoms with Gasteiger partial charge in [0.15, 0.2) is 5.78 Å². The molecule has 6 nitrogen and oxygen atoms in total. The van der Waals surface area contributed by atoms with Gasteiger partial charge in [-0.15, -0.1) is 0 Å². The van der Waals surface area contributed by atoms with Crippen LogP contribution < -0.4 is 4.90 Å². The van der Waals surface area contributed by atoms with Crippen molar-refractivity contribution in [2.45, 2.75) is 11.8 Å². The first-order valence-corrected chi connectivity index (χ1v) is 10.7. The second-order valence-electron chi connectivity index (χ2n) is 6.34. The Bertz CT molecular complexity index is 1050. The Morgan fingerprint density at radius 3 is 2.21 bits per heavy atom. The van der Waals surface area contributed by atoms with Crippen LogP contribution in [0.5, 0.6) is 0 Å². The maximum Gasteiger partial charge on any atom is 0.246 e. The van der Waals surface area contributed by atoms with Crippen molar-refractivity contribution in [2.75, 3.05) is 31.1 Å². The van der Waals surface area contributed by atoms with Gasteiger partial charge in [0.05, 0.1) is 21.7 Å². The lowest BCUT2D eigenvalue weighted by atomic mass is 10.0. The lowest BCUT2D eigenvalue weighted by Gasteiger charge is -2.36. The molecule has 0 bridgehead atoms. The number of Topliss-reactive ketones (excluding diaryl/α,β-unsaturated/α-hetero) is 1. The van der Waals surface area contributed by atoms with Crippen molar-refractivity contribution >= 4 is 44.7 Å². The zero-order valence-corrected chi connectivity index (χ0v) is 17.4. The van der Waals surface area contributed by atoms with E-state index in [0.717, 1.165) is 0 Å². The molecule has 1 aliphatic rings. The van der Waals surface area contributed by atoms with Crippen molar-refractivity contribution in [3.63, 3.8) is 0 Å². The molecule has 1 aliphatic heterocycles. The van der Waals surface area contributed by atoms with Gasteiger partial charge in [0.2, 0.25) is 10.0 Å². The van der Waals surface area contributed by atoms with Gasteiger partial charge in [-0.1, -0.05) is 29.3 Å². The average Bonchev–Trinajstić information content (AvgIpc) is 2.67. The third kappa shape index (κ3) is 3.87. The minimum absolute atomic E-state index is 0.0792. The van der Waals surface area contributed by atoms with E-state index in [4.69, 9.17) is 28.5 Å². The first-order chi connectivity index (χ1) is 13.3. The molecular weight excluding hydrogens is 421 g/mol. The van der Waals surface area contributed by atoms with E-state index in [0.29, 0.717) is 29.9 Å². The summed E-state index contributed by atoms with van der Waals surface area (Å²) < 4.78 is 27.3. The Hall–Kier alpha value is -2.11. The number of anilines is 1. The van der Waals surface area contributed by atoms with Gasteiger partial charge in [-0.2, -0.15) is 9.57 Å². The molecular formula is C19H17Cl2N3O3S. The number of rotatable bonds is 4. The van der Waals surface area contributed by atoms with Crippen LogP contribution in [0.15, 0.2) is 41.3 Å². The number of benzene rings is 2. The highest BCUT2D eigenvalue weighted by Crippen LogP contribution is 2.32. The summed E-state index contributed by atoms with van der Waals surface area (Å²) in [5.74, 6) is -0.114. The number of piperazine rings is 1. The van der Waals surface area contributed by atoms with Gasteiger partial charge in [0, 0.05) is 37.4 Å². The summed E-state index contributed by atoms with van der Waals surface area (Å²) in [6.45, 7) is 2.62. The number of sulfonamides is 1. The van der Waals surface area contributed by atoms with Crippen LogP contribution in [0.25, 0.3) is 0 Å². The van der Waals surface area contributed by atoms with Gasteiger partial charge in [-0.25, -0.2) is 8.42 Å². The molecule has 0 amide bonds. The molecule has 2 aromatic carbocycles. The number of hydrogen-bond acceptors (Lipinski definition) is 5. The Morgan fingerprint density at radius 1 is 1.07 bits per heavy atom. The fourth-order valence-corrected chi connectivity index (χ4v) is 5.70. The SMILES string of the molecule is CC(=O)c1ccc(C#N)cc1N1CCN(S(=O)(=O)c2c(Cl)cccc2Cl)CC1. The summed E-state index contributed by atoms with van der Waals surface area (Å²) in [5.41, 5.74) is 1.58. The topological polar surface area (TPSA) is 81.5 Å². The summed E-state index contributed by atoms with van der Waals surface area (Å²) >= 11 is 12.2. The molecule has 0 saturated carbocycles. The molecule has 0 atom stereocenters. The van der Waals surface area contributed by atoms with E-state index < -0.39 is 10.0 Å². The van der Waals surface area contributed by atoms with Crippen molar-refractivity contribution in [1.29, 1.82) is 5.26 Å². The molecule has 0 N–H and O–H groups in total. The van der Waals surface area contributed by atoms with Gasteiger partial charge >= 0.3 is 0 Å². The Kier molecular flexibility index (Phi) is 5.96. The highest BCUT2D eigenvalue weighted by Gasteiger charge is 2.32. The van der Waals surface area contributed by atoms with E-state index >= 15 is 0 Å². The Labute approximate surface area is 173 Å². The van der Waals surface area contributed by atoms with Crippen LogP contribution in [-0.2, 0) is 10.0 Å². The predicted molar refractivity (Wildman–Crippen MR) is 109 cm³/mol. The monoisotopic (exact) mass is 437 g/mol. The number of carbonyl (C=O) groups is 1. The zero-order valence-electron chi connectivity index (χ0n) is 15.0. The largest absolute Gasteiger partial charge is 0.368 e. The maximum atomic E-state index is 13.0. The molecule has 9 heteroatoms. The Balaban J connectivity index is 1.86. The minimum atomic E-state index is -3.84. The molecule has 1 saturated heterocycles. The van der Waals surface area contributed by atoms with Gasteiger partial charge in [-0.3, -0.25) is 4.79 Å². The third-order valence-electron chi connectivity index (χ3n) is 4.60. The number of nitrogens with zero attached hydrogens (tertiary/aromatic N) is 3. The van der Waals surface area contributed by atoms with E-state index in [1.807, 2.05) is 4.90 Å². The minimum Gasteiger partial charge on any atom is -0.368 e. The summed E-state index contributed by atoms with van der Waals surface area (Å²) in [6.07, 6.45) is 0. The summed E-state index contributed by atoms with van der Waals surface area (Å²) in [4.78, 5) is 13.8. The molecule has 1 fully saturated rings. The van der Waals surface area contributed by atoms with Crippen LogP contribution in [-0.4, -0.2) is 44.7 Å². The summed E-state index contributed by atoms with van der Waals surface area (Å²) in [7, 11) is -3.84. The molecule has 0 spiro atoms. The smallest absolute Gasteiger partial charge is 0.246 e. The van der Waals surface area contributed by atoms with Crippen LogP contribution in [0.3, 0.4) is 0 Å². The van der Waals surface area contributed by atoms with E-state index in [1.165, 1.54) is 23.4 Å². The summed E-state index contributed by atoms with van der Waals surface area (Å²) in [6, 6.07) is 11.5. The fourth-order valence-electron chi connectivity index (χ4n) is 3.19. The first-order valence-electron chi connectivity index (χ1n) is 8.50. The number of nitriles is 1. The van der Waals surface area contributed by atoms with Gasteiger partial charge in [-0.05, 0) is 37.3 Å². The zero-order chi connectivity index (χ0) is 20.5. The molecule has 0 aliphatic carbocycles. The van der Waals surface area contributed by atoms with Gasteiger partial charge in [0.25, 0.3) is 0 Å². The van der Waals surface area contributed by atoms with Crippen LogP contribution >= 0.6 is 23.2 Å². The summed E-state index contributed by atoms with van der Waals surface area (Å²) in [5, 5.41) is 9.31. The van der Waals surface area contributed by atoms with Crippen LogP contribution in [0.2, 0.25) is 10.0 Å². The highest BCUT2D eigenvalue weighted by molar-refractivity contribution is 7.89. The molecule has 0 aromatic heterocycles. The van der Waals surface area contributed by atoms with Crippen molar-refractivity contribution in [2.24, 2.45) is 0 Å². The third-order valence-corrected chi connectivity index (χ3v) is 7.46. The van der Waals surface area contributed by atoms with E-state index in [9.17, 15) is 13.2 Å². The molecule has 146 valence electrons. The van der Waals surface area contributed by atoms with Crippen LogP contribution in [0.4, 0.5) is 5.69 Å². The van der Waals surface area contributed by atoms with E-state index in [1.54, 1.807) is 24.3 Å². The lowest BCUT2D eigenvalue weighted by molar-refractivity contribution is 0.101. The first kappa shape index (κ1) is 20.6. The number of ketones is 1. The number of carbonyl (C=O) groups excluding carboxylic acids is 1. The average molecular weight is 438 g/mol. The molecule has 2 aromatic rings. The number of halogens is 2. The second-order valence-corrected chi connectivity index (χ2v) is 9.03. The fraction of sp³-hybridized carbons (Fsp3) is 0.263. The van der Waals surface area contributed by atoms with Crippen LogP contribution in [0, 0.1) is 11.3 Å². The lowest BCUT2D eigenvalue weighted by Crippen LogP contribution is -2.49. The normalized spacial score (nSPS) is 15.3. The second kappa shape index (κ2) is 8.10. The van der Waals surface area contributed by atoms with Crippen molar-refractivity contribution < 1.29 is 13.2 Å². The van der Waals surface area contributed by atoms with Crippen LogP contribution in [0.1, 0.15) is 22.8 Å². The van der Waals surface area contributed by atoms with Gasteiger partial charge in [0.1, 0.15) is 4.90 Å². The van der Waals surface area contributed by atoms with E-state index in [2.05, 4.69) is 6.07 Å². The Morgan fingerprint density at radius 2 is 1.68 bits per heavy atom. The molecule has 0 radical (unpaired) electrons.